The molecule has 2 N–H and O–H groups in total. The third-order valence-electron chi connectivity index (χ3n) is 3.50. The highest BCUT2D eigenvalue weighted by Crippen LogP contribution is 2.26. The zero-order valence-corrected chi connectivity index (χ0v) is 14.8. The van der Waals surface area contributed by atoms with E-state index in [1.54, 1.807) is 31.2 Å². The molecule has 0 amide bonds. The van der Waals surface area contributed by atoms with Crippen LogP contribution in [-0.2, 0) is 21.1 Å². The Bertz CT molecular complexity index is 840. The van der Waals surface area contributed by atoms with Crippen LogP contribution >= 0.6 is 0 Å². The molecule has 0 aliphatic carbocycles. The van der Waals surface area contributed by atoms with Crippen LogP contribution in [0.2, 0.25) is 0 Å². The Morgan fingerprint density at radius 2 is 1.71 bits per heavy atom. The first-order valence-corrected chi connectivity index (χ1v) is 9.07. The Hall–Kier alpha value is -2.18. The number of hydrogen-bond donors (Lipinski definition) is 1. The van der Waals surface area contributed by atoms with Gasteiger partial charge < -0.3 is 10.5 Å². The summed E-state index contributed by atoms with van der Waals surface area (Å²) in [6, 6.07) is 11.2. The van der Waals surface area contributed by atoms with Crippen molar-refractivity contribution in [1.82, 2.24) is 0 Å². The summed E-state index contributed by atoms with van der Waals surface area (Å²) < 4.78 is 30.5. The summed E-state index contributed by atoms with van der Waals surface area (Å²) in [5, 5.41) is 0. The molecule has 0 aromatic heterocycles. The minimum atomic E-state index is -3.62. The van der Waals surface area contributed by atoms with Crippen LogP contribution in [0.5, 0.6) is 5.75 Å². The van der Waals surface area contributed by atoms with Crippen molar-refractivity contribution in [2.24, 2.45) is 5.73 Å². The van der Waals surface area contributed by atoms with Crippen LogP contribution in [0.4, 0.5) is 0 Å². The molecule has 0 unspecified atom stereocenters. The summed E-state index contributed by atoms with van der Waals surface area (Å²) >= 11 is 0. The number of carbonyl (C=O) groups is 1. The van der Waals surface area contributed by atoms with Crippen molar-refractivity contribution in [3.63, 3.8) is 0 Å². The quantitative estimate of drug-likeness (QED) is 0.664. The van der Waals surface area contributed by atoms with Crippen LogP contribution in [0.25, 0.3) is 0 Å². The number of carbonyl (C=O) groups excluding carboxylic acids is 1. The molecule has 2 aromatic rings. The molecule has 0 fully saturated rings. The molecule has 0 bridgehead atoms. The van der Waals surface area contributed by atoms with Gasteiger partial charge in [0.1, 0.15) is 5.75 Å². The molecule has 2 aromatic carbocycles. The highest BCUT2D eigenvalue weighted by molar-refractivity contribution is 7.91. The lowest BCUT2D eigenvalue weighted by Gasteiger charge is -2.10. The van der Waals surface area contributed by atoms with Gasteiger partial charge in [-0.25, -0.2) is 8.42 Å². The fourth-order valence-electron chi connectivity index (χ4n) is 2.37. The number of hydrogen-bond acceptors (Lipinski definition) is 5. The first kappa shape index (κ1) is 18.2. The van der Waals surface area contributed by atoms with E-state index in [2.05, 4.69) is 0 Å². The summed E-state index contributed by atoms with van der Waals surface area (Å²) in [7, 11) is -3.62. The standard InChI is InChI=1S/C18H21NO4S/c1-12-10-17(8-9-18(12)23-14(3)20)24(21,22)16-6-4-15(5-7-16)11-13(2)19/h4-10,13H,11,19H2,1-3H3/t13-/m1/s1. The Kier molecular flexibility index (Phi) is 5.41. The summed E-state index contributed by atoms with van der Waals surface area (Å²) in [5.74, 6) is -0.0906. The molecule has 0 saturated heterocycles. The third-order valence-corrected chi connectivity index (χ3v) is 5.27. The highest BCUT2D eigenvalue weighted by Gasteiger charge is 2.19. The first-order chi connectivity index (χ1) is 11.2. The van der Waals surface area contributed by atoms with Crippen molar-refractivity contribution in [3.8, 4) is 5.75 Å². The van der Waals surface area contributed by atoms with Gasteiger partial charge >= 0.3 is 5.97 Å². The van der Waals surface area contributed by atoms with Crippen molar-refractivity contribution in [2.45, 2.75) is 43.0 Å². The molecule has 0 aliphatic heterocycles. The zero-order chi connectivity index (χ0) is 17.9. The van der Waals surface area contributed by atoms with E-state index >= 15 is 0 Å². The van der Waals surface area contributed by atoms with Gasteiger partial charge in [0.25, 0.3) is 0 Å². The van der Waals surface area contributed by atoms with Crippen LogP contribution in [0, 0.1) is 6.92 Å². The molecule has 1 atom stereocenters. The predicted octanol–water partition coefficient (Wildman–Crippen LogP) is 2.64. The number of rotatable bonds is 5. The van der Waals surface area contributed by atoms with E-state index in [-0.39, 0.29) is 15.8 Å². The predicted molar refractivity (Wildman–Crippen MR) is 91.7 cm³/mol. The second kappa shape index (κ2) is 7.15. The van der Waals surface area contributed by atoms with Gasteiger partial charge in [-0.2, -0.15) is 0 Å². The van der Waals surface area contributed by atoms with E-state index in [1.807, 2.05) is 6.92 Å². The van der Waals surface area contributed by atoms with Crippen molar-refractivity contribution in [3.05, 3.63) is 53.6 Å². The van der Waals surface area contributed by atoms with E-state index < -0.39 is 15.8 Å². The van der Waals surface area contributed by atoms with Gasteiger partial charge in [-0.1, -0.05) is 12.1 Å². The van der Waals surface area contributed by atoms with Crippen LogP contribution < -0.4 is 10.5 Å². The SMILES string of the molecule is CC(=O)Oc1ccc(S(=O)(=O)c2ccc(C[C@@H](C)N)cc2)cc1C. The molecule has 0 spiro atoms. The number of ether oxygens (including phenoxy) is 1. The van der Waals surface area contributed by atoms with E-state index in [0.29, 0.717) is 17.7 Å². The van der Waals surface area contributed by atoms with Gasteiger partial charge in [-0.3, -0.25) is 4.79 Å². The van der Waals surface area contributed by atoms with Gasteiger partial charge in [0, 0.05) is 13.0 Å². The number of sulfone groups is 1. The highest BCUT2D eigenvalue weighted by atomic mass is 32.2. The van der Waals surface area contributed by atoms with Crippen LogP contribution in [0.1, 0.15) is 25.0 Å². The van der Waals surface area contributed by atoms with E-state index in [4.69, 9.17) is 10.5 Å². The number of aryl methyl sites for hydroxylation is 1. The Morgan fingerprint density at radius 1 is 1.12 bits per heavy atom. The van der Waals surface area contributed by atoms with Crippen molar-refractivity contribution in [1.29, 1.82) is 0 Å². The topological polar surface area (TPSA) is 86.5 Å². The maximum Gasteiger partial charge on any atom is 0.308 e. The van der Waals surface area contributed by atoms with Crippen molar-refractivity contribution in [2.75, 3.05) is 0 Å². The molecule has 0 saturated carbocycles. The zero-order valence-electron chi connectivity index (χ0n) is 13.9. The molecule has 6 heteroatoms. The largest absolute Gasteiger partial charge is 0.426 e. The van der Waals surface area contributed by atoms with E-state index in [0.717, 1.165) is 5.56 Å². The molecule has 2 rings (SSSR count). The van der Waals surface area contributed by atoms with Crippen LogP contribution in [0.15, 0.2) is 52.3 Å². The molecular weight excluding hydrogens is 326 g/mol. The Labute approximate surface area is 142 Å². The first-order valence-electron chi connectivity index (χ1n) is 7.59. The number of esters is 1. The number of benzene rings is 2. The van der Waals surface area contributed by atoms with Crippen molar-refractivity contribution < 1.29 is 17.9 Å². The van der Waals surface area contributed by atoms with E-state index in [1.165, 1.54) is 25.1 Å². The monoisotopic (exact) mass is 347 g/mol. The summed E-state index contributed by atoms with van der Waals surface area (Å²) in [4.78, 5) is 11.4. The van der Waals surface area contributed by atoms with Gasteiger partial charge in [0.05, 0.1) is 9.79 Å². The van der Waals surface area contributed by atoms with Crippen molar-refractivity contribution >= 4 is 15.8 Å². The minimum absolute atomic E-state index is 0.0175. The molecular formula is C18H21NO4S. The molecule has 24 heavy (non-hydrogen) atoms. The van der Waals surface area contributed by atoms with Gasteiger partial charge in [0.15, 0.2) is 0 Å². The summed E-state index contributed by atoms with van der Waals surface area (Å²) in [6.07, 6.45) is 0.691. The number of nitrogens with two attached hydrogens (primary N) is 1. The lowest BCUT2D eigenvalue weighted by atomic mass is 10.1. The average Bonchev–Trinajstić information content (AvgIpc) is 2.48. The minimum Gasteiger partial charge on any atom is -0.426 e. The third kappa shape index (κ3) is 4.21. The van der Waals surface area contributed by atoms with Crippen LogP contribution in [-0.4, -0.2) is 20.4 Å². The molecule has 0 radical (unpaired) electrons. The maximum atomic E-state index is 12.7. The second-order valence-electron chi connectivity index (χ2n) is 5.85. The fraction of sp³-hybridized carbons (Fsp3) is 0.278. The molecule has 5 nitrogen and oxygen atoms in total. The maximum absolute atomic E-state index is 12.7. The molecule has 0 heterocycles. The van der Waals surface area contributed by atoms with E-state index in [9.17, 15) is 13.2 Å². The Morgan fingerprint density at radius 3 is 2.21 bits per heavy atom. The lowest BCUT2D eigenvalue weighted by molar-refractivity contribution is -0.131. The fourth-order valence-corrected chi connectivity index (χ4v) is 3.72. The normalized spacial score (nSPS) is 12.7. The lowest BCUT2D eigenvalue weighted by Crippen LogP contribution is -2.17. The molecule has 0 aliphatic rings. The summed E-state index contributed by atoms with van der Waals surface area (Å²) in [6.45, 7) is 4.90. The second-order valence-corrected chi connectivity index (χ2v) is 7.80. The smallest absolute Gasteiger partial charge is 0.308 e. The molecule has 128 valence electrons. The summed E-state index contributed by atoms with van der Waals surface area (Å²) in [5.41, 5.74) is 7.32. The van der Waals surface area contributed by atoms with Gasteiger partial charge in [-0.05, 0) is 61.7 Å². The van der Waals surface area contributed by atoms with Gasteiger partial charge in [-0.15, -0.1) is 0 Å². The van der Waals surface area contributed by atoms with Crippen LogP contribution in [0.3, 0.4) is 0 Å². The Balaban J connectivity index is 2.33. The van der Waals surface area contributed by atoms with Gasteiger partial charge in [0.2, 0.25) is 9.84 Å². The average molecular weight is 347 g/mol.